The highest BCUT2D eigenvalue weighted by Crippen LogP contribution is 2.43. The molecule has 0 saturated carbocycles. The average Bonchev–Trinajstić information content (AvgIpc) is 3.76. The molecule has 0 aliphatic rings. The van der Waals surface area contributed by atoms with Crippen molar-refractivity contribution in [1.82, 2.24) is 29.8 Å². The van der Waals surface area contributed by atoms with Crippen LogP contribution in [-0.2, 0) is 28.8 Å². The molecule has 8 aromatic rings. The maximum Gasteiger partial charge on any atom is 0.261 e. The average molecular weight is 751 g/mol. The summed E-state index contributed by atoms with van der Waals surface area (Å²) in [5, 5.41) is 14.4. The number of aryl methyl sites for hydroxylation is 1. The molecule has 8 rings (SSSR count). The molecule has 8 heteroatoms. The molecule has 0 fully saturated rings. The maximum atomic E-state index is 14.2. The molecule has 0 saturated heterocycles. The van der Waals surface area contributed by atoms with Gasteiger partial charge in [0.25, 0.3) is 5.56 Å². The number of hydrogen-bond donors (Lipinski definition) is 0. The number of aromatic nitrogens is 6. The first-order valence-corrected chi connectivity index (χ1v) is 19.6. The lowest BCUT2D eigenvalue weighted by atomic mass is 9.77. The Balaban J connectivity index is 1.21. The zero-order chi connectivity index (χ0) is 39.4. The molecular formula is C49H46N6O2. The Morgan fingerprint density at radius 1 is 0.667 bits per heavy atom. The highest BCUT2D eigenvalue weighted by atomic mass is 16.5. The van der Waals surface area contributed by atoms with E-state index in [2.05, 4.69) is 121 Å². The monoisotopic (exact) mass is 750 g/mol. The van der Waals surface area contributed by atoms with Crippen molar-refractivity contribution < 1.29 is 4.74 Å². The van der Waals surface area contributed by atoms with E-state index in [1.807, 2.05) is 71.6 Å². The van der Waals surface area contributed by atoms with E-state index in [0.29, 0.717) is 23.3 Å². The van der Waals surface area contributed by atoms with E-state index in [4.69, 9.17) is 20.0 Å². The van der Waals surface area contributed by atoms with Crippen LogP contribution in [0, 0.1) is 0 Å². The van der Waals surface area contributed by atoms with Crippen molar-refractivity contribution in [2.75, 3.05) is 7.11 Å². The Bertz CT molecular complexity index is 2570. The van der Waals surface area contributed by atoms with E-state index in [1.165, 1.54) is 0 Å². The van der Waals surface area contributed by atoms with Crippen molar-refractivity contribution in [3.05, 3.63) is 202 Å². The third-order valence-corrected chi connectivity index (χ3v) is 11.1. The summed E-state index contributed by atoms with van der Waals surface area (Å²) in [4.78, 5) is 19.2. The van der Waals surface area contributed by atoms with E-state index in [1.54, 1.807) is 7.11 Å². The van der Waals surface area contributed by atoms with Gasteiger partial charge in [0.05, 0.1) is 23.0 Å². The number of benzene rings is 6. The molecule has 0 atom stereocenters. The lowest BCUT2D eigenvalue weighted by Crippen LogP contribution is -2.39. The van der Waals surface area contributed by atoms with Gasteiger partial charge in [0.1, 0.15) is 11.4 Å². The van der Waals surface area contributed by atoms with Gasteiger partial charge in [-0.2, -0.15) is 0 Å². The number of tetrazole rings is 1. The minimum absolute atomic E-state index is 0.0418. The van der Waals surface area contributed by atoms with Crippen molar-refractivity contribution in [2.24, 2.45) is 0 Å². The summed E-state index contributed by atoms with van der Waals surface area (Å²) in [6, 6.07) is 53.8. The predicted octanol–water partition coefficient (Wildman–Crippen LogP) is 9.83. The van der Waals surface area contributed by atoms with Crippen molar-refractivity contribution >= 4 is 10.9 Å². The molecule has 0 amide bonds. The largest absolute Gasteiger partial charge is 0.374 e. The zero-order valence-corrected chi connectivity index (χ0v) is 32.8. The van der Waals surface area contributed by atoms with Crippen LogP contribution in [0.5, 0.6) is 0 Å². The Morgan fingerprint density at radius 2 is 1.25 bits per heavy atom. The summed E-state index contributed by atoms with van der Waals surface area (Å²) < 4.78 is 9.55. The van der Waals surface area contributed by atoms with E-state index < -0.39 is 11.1 Å². The number of hydrogen-bond acceptors (Lipinski definition) is 6. The molecule has 57 heavy (non-hydrogen) atoms. The van der Waals surface area contributed by atoms with Crippen LogP contribution in [0.25, 0.3) is 33.4 Å². The Hall–Kier alpha value is -6.51. The molecular weight excluding hydrogens is 705 g/mol. The van der Waals surface area contributed by atoms with Gasteiger partial charge in [-0.15, -0.1) is 5.10 Å². The quantitative estimate of drug-likeness (QED) is 0.109. The first-order valence-electron chi connectivity index (χ1n) is 19.6. The van der Waals surface area contributed by atoms with Gasteiger partial charge in [0.2, 0.25) is 0 Å². The van der Waals surface area contributed by atoms with Crippen LogP contribution in [0.4, 0.5) is 0 Å². The normalized spacial score (nSPS) is 11.9. The zero-order valence-electron chi connectivity index (χ0n) is 32.8. The number of nitrogens with zero attached hydrogens (tertiary/aromatic N) is 6. The number of methoxy groups -OCH3 is 1. The molecule has 6 aromatic carbocycles. The summed E-state index contributed by atoms with van der Waals surface area (Å²) in [5.74, 6) is 1.43. The molecule has 0 spiro atoms. The van der Waals surface area contributed by atoms with Gasteiger partial charge in [0, 0.05) is 19.1 Å². The van der Waals surface area contributed by atoms with Crippen LogP contribution in [0.15, 0.2) is 163 Å². The van der Waals surface area contributed by atoms with Gasteiger partial charge >= 0.3 is 0 Å². The van der Waals surface area contributed by atoms with Gasteiger partial charge in [-0.25, -0.2) is 9.67 Å². The van der Waals surface area contributed by atoms with Gasteiger partial charge < -0.3 is 4.74 Å². The van der Waals surface area contributed by atoms with Crippen molar-refractivity contribution in [1.29, 1.82) is 0 Å². The Morgan fingerprint density at radius 3 is 1.82 bits per heavy atom. The standard InChI is InChI=1S/C49H46N6O2/c1-5-6-26-45-50-44-32-31-40(48(2,3)57-4)33-43(44)47(56)54(45)34-35-27-29-36(30-28-35)41-24-16-17-25-42(41)46-51-52-53-55(46)49(37-18-10-7-11-19-37,38-20-12-8-13-21-38)39-22-14-9-15-23-39/h7-25,27-33H,5-6,26,34H2,1-4H3. The van der Waals surface area contributed by atoms with Gasteiger partial charge in [-0.1, -0.05) is 159 Å². The number of rotatable bonds is 13. The fourth-order valence-electron chi connectivity index (χ4n) is 7.84. The van der Waals surface area contributed by atoms with Crippen LogP contribution in [0.2, 0.25) is 0 Å². The highest BCUT2D eigenvalue weighted by molar-refractivity contribution is 5.81. The molecule has 0 radical (unpaired) electrons. The predicted molar refractivity (Wildman–Crippen MR) is 227 cm³/mol. The second-order valence-corrected chi connectivity index (χ2v) is 14.9. The summed E-state index contributed by atoms with van der Waals surface area (Å²) in [6.07, 6.45) is 2.68. The van der Waals surface area contributed by atoms with E-state index >= 15 is 0 Å². The number of fused-ring (bicyclic) bond motifs is 1. The van der Waals surface area contributed by atoms with Gasteiger partial charge in [0.15, 0.2) is 5.82 Å². The summed E-state index contributed by atoms with van der Waals surface area (Å²) in [5.41, 5.74) is 7.20. The van der Waals surface area contributed by atoms with Crippen molar-refractivity contribution in [2.45, 2.75) is 57.7 Å². The molecule has 2 aromatic heterocycles. The van der Waals surface area contributed by atoms with E-state index in [-0.39, 0.29) is 5.56 Å². The minimum Gasteiger partial charge on any atom is -0.374 e. The fraction of sp³-hybridized carbons (Fsp3) is 0.204. The molecule has 0 bridgehead atoms. The van der Waals surface area contributed by atoms with E-state index in [0.717, 1.165) is 69.6 Å². The summed E-state index contributed by atoms with van der Waals surface area (Å²) in [7, 11) is 1.69. The van der Waals surface area contributed by atoms with Crippen LogP contribution in [0.1, 0.15) is 67.3 Å². The van der Waals surface area contributed by atoms with Gasteiger partial charge in [-0.3, -0.25) is 9.36 Å². The highest BCUT2D eigenvalue weighted by Gasteiger charge is 2.42. The smallest absolute Gasteiger partial charge is 0.261 e. The number of ether oxygens (including phenoxy) is 1. The Kier molecular flexibility index (Phi) is 10.5. The third kappa shape index (κ3) is 6.98. The second kappa shape index (κ2) is 15.9. The molecule has 0 aliphatic heterocycles. The molecule has 284 valence electrons. The second-order valence-electron chi connectivity index (χ2n) is 14.9. The first kappa shape index (κ1) is 37.4. The molecule has 0 aliphatic carbocycles. The third-order valence-electron chi connectivity index (χ3n) is 11.1. The maximum absolute atomic E-state index is 14.2. The molecule has 0 unspecified atom stereocenters. The first-order chi connectivity index (χ1) is 27.8. The molecule has 0 N–H and O–H groups in total. The van der Waals surface area contributed by atoms with Crippen LogP contribution in [-0.4, -0.2) is 36.9 Å². The molecule has 8 nitrogen and oxygen atoms in total. The van der Waals surface area contributed by atoms with Crippen molar-refractivity contribution in [3.8, 4) is 22.5 Å². The van der Waals surface area contributed by atoms with Gasteiger partial charge in [-0.05, 0) is 81.8 Å². The lowest BCUT2D eigenvalue weighted by molar-refractivity contribution is 0.0193. The minimum atomic E-state index is -0.879. The van der Waals surface area contributed by atoms with Crippen LogP contribution < -0.4 is 5.56 Å². The number of unbranched alkanes of at least 4 members (excludes halogenated alkanes) is 1. The van der Waals surface area contributed by atoms with Crippen molar-refractivity contribution in [3.63, 3.8) is 0 Å². The summed E-state index contributed by atoms with van der Waals surface area (Å²) in [6.45, 7) is 6.57. The van der Waals surface area contributed by atoms with E-state index in [9.17, 15) is 4.79 Å². The van der Waals surface area contributed by atoms with Crippen LogP contribution in [0.3, 0.4) is 0 Å². The lowest BCUT2D eigenvalue weighted by Gasteiger charge is -2.36. The molecule has 2 heterocycles. The Labute approximate surface area is 333 Å². The van der Waals surface area contributed by atoms with Crippen LogP contribution >= 0.6 is 0 Å². The topological polar surface area (TPSA) is 87.7 Å². The summed E-state index contributed by atoms with van der Waals surface area (Å²) >= 11 is 0. The SMILES string of the molecule is CCCCc1nc2ccc(C(C)(C)OC)cc2c(=O)n1Cc1ccc(-c2ccccc2-c2nnnn2C(c2ccccc2)(c2ccccc2)c2ccccc2)cc1. The fourth-order valence-corrected chi connectivity index (χ4v) is 7.84.